The smallest absolute Gasteiger partial charge is 0.177 e. The van der Waals surface area contributed by atoms with Crippen LogP contribution in [0.3, 0.4) is 0 Å². The van der Waals surface area contributed by atoms with E-state index in [0.29, 0.717) is 0 Å². The molecule has 3 rings (SSSR count). The van der Waals surface area contributed by atoms with E-state index >= 15 is 0 Å². The second kappa shape index (κ2) is 5.17. The quantitative estimate of drug-likeness (QED) is 0.727. The van der Waals surface area contributed by atoms with Gasteiger partial charge in [-0.3, -0.25) is 0 Å². The third-order valence-electron chi connectivity index (χ3n) is 2.21. The van der Waals surface area contributed by atoms with E-state index in [-0.39, 0.29) is 0 Å². The number of aromatic nitrogens is 3. The van der Waals surface area contributed by atoms with Crippen molar-refractivity contribution in [1.82, 2.24) is 14.3 Å². The van der Waals surface area contributed by atoms with E-state index in [1.165, 1.54) is 11.5 Å². The van der Waals surface area contributed by atoms with Gasteiger partial charge in [-0.1, -0.05) is 30.3 Å². The Kier molecular flexibility index (Phi) is 3.40. The molecular formula is C12H9N3S3. The molecule has 0 amide bonds. The SMILES string of the molecule is Cc1csc(Sc2nc(-c3ccccc3)ns2)n1. The minimum atomic E-state index is 0.788. The Balaban J connectivity index is 1.82. The molecule has 0 bridgehead atoms. The number of aryl methyl sites for hydroxylation is 1. The summed E-state index contributed by atoms with van der Waals surface area (Å²) >= 11 is 4.63. The lowest BCUT2D eigenvalue weighted by atomic mass is 10.2. The molecule has 3 aromatic rings. The van der Waals surface area contributed by atoms with Crippen molar-refractivity contribution < 1.29 is 0 Å². The van der Waals surface area contributed by atoms with Crippen molar-refractivity contribution >= 4 is 34.6 Å². The van der Waals surface area contributed by atoms with Crippen LogP contribution in [-0.4, -0.2) is 14.3 Å². The topological polar surface area (TPSA) is 38.7 Å². The van der Waals surface area contributed by atoms with Gasteiger partial charge >= 0.3 is 0 Å². The van der Waals surface area contributed by atoms with Crippen molar-refractivity contribution in [3.8, 4) is 11.4 Å². The molecule has 0 N–H and O–H groups in total. The van der Waals surface area contributed by atoms with Crippen LogP contribution in [-0.2, 0) is 0 Å². The van der Waals surface area contributed by atoms with Crippen LogP contribution in [0, 0.1) is 6.92 Å². The lowest BCUT2D eigenvalue weighted by molar-refractivity contribution is 1.15. The van der Waals surface area contributed by atoms with Gasteiger partial charge in [-0.05, 0) is 30.2 Å². The molecule has 0 fully saturated rings. The Hall–Kier alpha value is -1.24. The molecule has 0 saturated carbocycles. The van der Waals surface area contributed by atoms with Gasteiger partial charge in [0.2, 0.25) is 0 Å². The molecule has 0 spiro atoms. The molecule has 90 valence electrons. The zero-order valence-corrected chi connectivity index (χ0v) is 12.0. The highest BCUT2D eigenvalue weighted by molar-refractivity contribution is 8.02. The maximum absolute atomic E-state index is 4.52. The summed E-state index contributed by atoms with van der Waals surface area (Å²) < 4.78 is 6.33. The van der Waals surface area contributed by atoms with Gasteiger partial charge in [0.05, 0.1) is 0 Å². The predicted octanol–water partition coefficient (Wildman–Crippen LogP) is 4.12. The summed E-state index contributed by atoms with van der Waals surface area (Å²) in [5, 5.41) is 2.04. The first-order chi connectivity index (χ1) is 8.81. The highest BCUT2D eigenvalue weighted by Crippen LogP contribution is 2.32. The summed E-state index contributed by atoms with van der Waals surface area (Å²) in [6.07, 6.45) is 0. The molecule has 0 saturated heterocycles. The van der Waals surface area contributed by atoms with Crippen LogP contribution < -0.4 is 0 Å². The highest BCUT2D eigenvalue weighted by Gasteiger charge is 2.09. The molecule has 1 aromatic carbocycles. The van der Waals surface area contributed by atoms with E-state index in [4.69, 9.17) is 0 Å². The molecular weight excluding hydrogens is 282 g/mol. The minimum absolute atomic E-state index is 0.788. The van der Waals surface area contributed by atoms with Crippen LogP contribution in [0.25, 0.3) is 11.4 Å². The molecule has 0 radical (unpaired) electrons. The molecule has 6 heteroatoms. The van der Waals surface area contributed by atoms with E-state index in [1.807, 2.05) is 42.6 Å². The minimum Gasteiger partial charge on any atom is -0.235 e. The third kappa shape index (κ3) is 2.60. The standard InChI is InChI=1S/C12H9N3S3/c1-8-7-16-11(13-8)17-12-14-10(15-18-12)9-5-3-2-4-6-9/h2-7H,1H3. The fraction of sp³-hybridized carbons (Fsp3) is 0.0833. The van der Waals surface area contributed by atoms with Crippen LogP contribution in [0.4, 0.5) is 0 Å². The lowest BCUT2D eigenvalue weighted by Crippen LogP contribution is -1.79. The average Bonchev–Trinajstić information content (AvgIpc) is 3.01. The summed E-state index contributed by atoms with van der Waals surface area (Å²) in [5.74, 6) is 0.788. The number of rotatable bonds is 3. The van der Waals surface area contributed by atoms with Crippen LogP contribution >= 0.6 is 34.6 Å². The van der Waals surface area contributed by atoms with Crippen molar-refractivity contribution in [3.63, 3.8) is 0 Å². The van der Waals surface area contributed by atoms with Crippen molar-refractivity contribution in [1.29, 1.82) is 0 Å². The van der Waals surface area contributed by atoms with Gasteiger partial charge in [0.15, 0.2) is 14.5 Å². The van der Waals surface area contributed by atoms with Crippen LogP contribution in [0.2, 0.25) is 0 Å². The van der Waals surface area contributed by atoms with Crippen molar-refractivity contribution in [2.24, 2.45) is 0 Å². The average molecular weight is 291 g/mol. The Labute approximate surface area is 117 Å². The number of hydrogen-bond acceptors (Lipinski definition) is 6. The number of thiazole rings is 1. The second-order valence-electron chi connectivity index (χ2n) is 3.61. The van der Waals surface area contributed by atoms with E-state index in [0.717, 1.165) is 25.8 Å². The lowest BCUT2D eigenvalue weighted by Gasteiger charge is -1.92. The van der Waals surface area contributed by atoms with Crippen molar-refractivity contribution in [3.05, 3.63) is 41.4 Å². The highest BCUT2D eigenvalue weighted by atomic mass is 32.2. The summed E-state index contributed by atoms with van der Waals surface area (Å²) in [6.45, 7) is 2.00. The maximum Gasteiger partial charge on any atom is 0.177 e. The first-order valence-corrected chi connectivity index (χ1v) is 7.77. The summed E-state index contributed by atoms with van der Waals surface area (Å²) in [4.78, 5) is 8.93. The second-order valence-corrected chi connectivity index (χ2v) is 6.71. The van der Waals surface area contributed by atoms with Gasteiger partial charge in [0, 0.05) is 16.6 Å². The molecule has 0 aliphatic rings. The normalized spacial score (nSPS) is 10.7. The van der Waals surface area contributed by atoms with E-state index in [1.54, 1.807) is 23.1 Å². The zero-order chi connectivity index (χ0) is 12.4. The Morgan fingerprint density at radius 2 is 1.89 bits per heavy atom. The monoisotopic (exact) mass is 291 g/mol. The van der Waals surface area contributed by atoms with Crippen LogP contribution in [0.5, 0.6) is 0 Å². The van der Waals surface area contributed by atoms with Gasteiger partial charge < -0.3 is 0 Å². The summed E-state index contributed by atoms with van der Waals surface area (Å²) in [6, 6.07) is 10.0. The fourth-order valence-electron chi connectivity index (χ4n) is 1.41. The van der Waals surface area contributed by atoms with Crippen LogP contribution in [0.15, 0.2) is 44.4 Å². The maximum atomic E-state index is 4.52. The number of benzene rings is 1. The zero-order valence-electron chi connectivity index (χ0n) is 9.53. The molecule has 0 aliphatic heterocycles. The molecule has 0 unspecified atom stereocenters. The van der Waals surface area contributed by atoms with Crippen LogP contribution in [0.1, 0.15) is 5.69 Å². The van der Waals surface area contributed by atoms with Crippen molar-refractivity contribution in [2.45, 2.75) is 15.6 Å². The number of hydrogen-bond donors (Lipinski definition) is 0. The molecule has 2 heterocycles. The molecule has 3 nitrogen and oxygen atoms in total. The van der Waals surface area contributed by atoms with Gasteiger partial charge in [0.25, 0.3) is 0 Å². The first kappa shape index (κ1) is 11.8. The fourth-order valence-corrected chi connectivity index (χ4v) is 4.07. The van der Waals surface area contributed by atoms with Gasteiger partial charge in [0.1, 0.15) is 0 Å². The van der Waals surface area contributed by atoms with Gasteiger partial charge in [-0.25, -0.2) is 9.97 Å². The molecule has 2 aromatic heterocycles. The van der Waals surface area contributed by atoms with E-state index < -0.39 is 0 Å². The number of nitrogens with zero attached hydrogens (tertiary/aromatic N) is 3. The summed E-state index contributed by atoms with van der Waals surface area (Å²) in [7, 11) is 0. The van der Waals surface area contributed by atoms with Crippen molar-refractivity contribution in [2.75, 3.05) is 0 Å². The van der Waals surface area contributed by atoms with Gasteiger partial charge in [-0.15, -0.1) is 11.3 Å². The van der Waals surface area contributed by atoms with Gasteiger partial charge in [-0.2, -0.15) is 4.37 Å². The Morgan fingerprint density at radius 3 is 2.61 bits per heavy atom. The summed E-state index contributed by atoms with van der Waals surface area (Å²) in [5.41, 5.74) is 2.10. The largest absolute Gasteiger partial charge is 0.235 e. The van der Waals surface area contributed by atoms with E-state index in [2.05, 4.69) is 14.3 Å². The molecule has 0 aliphatic carbocycles. The first-order valence-electron chi connectivity index (χ1n) is 5.30. The Bertz CT molecular complexity index is 645. The molecule has 0 atom stereocenters. The molecule has 18 heavy (non-hydrogen) atoms. The third-order valence-corrected chi connectivity index (χ3v) is 5.02. The Morgan fingerprint density at radius 1 is 1.06 bits per heavy atom. The predicted molar refractivity (Wildman–Crippen MR) is 76.3 cm³/mol. The van der Waals surface area contributed by atoms with E-state index in [9.17, 15) is 0 Å².